The predicted molar refractivity (Wildman–Crippen MR) is 68.9 cm³/mol. The topological polar surface area (TPSA) is 17.8 Å². The van der Waals surface area contributed by atoms with Crippen LogP contribution < -0.4 is 0 Å². The number of nitrogens with zero attached hydrogens (tertiary/aromatic N) is 2. The number of para-hydroxylation sites is 2. The molecule has 0 saturated carbocycles. The van der Waals surface area contributed by atoms with Crippen LogP contribution in [0.1, 0.15) is 37.9 Å². The van der Waals surface area contributed by atoms with Gasteiger partial charge in [-0.25, -0.2) is 4.98 Å². The van der Waals surface area contributed by atoms with E-state index in [0.29, 0.717) is 0 Å². The van der Waals surface area contributed by atoms with Crippen LogP contribution in [-0.4, -0.2) is 9.55 Å². The minimum Gasteiger partial charge on any atom is -0.327 e. The molecule has 0 amide bonds. The molecule has 86 valence electrons. The summed E-state index contributed by atoms with van der Waals surface area (Å²) in [6, 6.07) is 8.22. The van der Waals surface area contributed by atoms with Gasteiger partial charge < -0.3 is 4.57 Å². The largest absolute Gasteiger partial charge is 0.327 e. The zero-order valence-corrected chi connectivity index (χ0v) is 10.5. The zero-order chi connectivity index (χ0) is 11.5. The highest BCUT2D eigenvalue weighted by Crippen LogP contribution is 2.24. The van der Waals surface area contributed by atoms with Gasteiger partial charge in [0.25, 0.3) is 0 Å². The molecule has 0 radical (unpaired) electrons. The highest BCUT2D eigenvalue weighted by atomic mass is 35.5. The van der Waals surface area contributed by atoms with E-state index in [-0.39, 0.29) is 5.38 Å². The Kier molecular flexibility index (Phi) is 3.49. The van der Waals surface area contributed by atoms with Gasteiger partial charge in [-0.3, -0.25) is 0 Å². The first-order valence-electron chi connectivity index (χ1n) is 5.83. The molecule has 16 heavy (non-hydrogen) atoms. The van der Waals surface area contributed by atoms with E-state index in [1.54, 1.807) is 0 Å². The second-order valence-electron chi connectivity index (χ2n) is 4.08. The van der Waals surface area contributed by atoms with Gasteiger partial charge in [0.15, 0.2) is 0 Å². The molecule has 0 aliphatic rings. The van der Waals surface area contributed by atoms with E-state index in [9.17, 15) is 0 Å². The van der Waals surface area contributed by atoms with E-state index in [1.807, 2.05) is 19.1 Å². The number of halogens is 1. The Morgan fingerprint density at radius 2 is 2.12 bits per heavy atom. The third kappa shape index (κ3) is 2.07. The maximum absolute atomic E-state index is 6.18. The summed E-state index contributed by atoms with van der Waals surface area (Å²) in [4.78, 5) is 4.60. The molecule has 2 rings (SSSR count). The van der Waals surface area contributed by atoms with Gasteiger partial charge in [-0.2, -0.15) is 0 Å². The Hall–Kier alpha value is -1.02. The van der Waals surface area contributed by atoms with Crippen molar-refractivity contribution < 1.29 is 0 Å². The molecular formula is C13H17ClN2. The number of imidazole rings is 1. The van der Waals surface area contributed by atoms with Gasteiger partial charge in [-0.05, 0) is 25.5 Å². The van der Waals surface area contributed by atoms with Crippen LogP contribution in [0.3, 0.4) is 0 Å². The molecule has 0 aliphatic carbocycles. The van der Waals surface area contributed by atoms with Gasteiger partial charge >= 0.3 is 0 Å². The van der Waals surface area contributed by atoms with E-state index in [2.05, 4.69) is 28.6 Å². The third-order valence-electron chi connectivity index (χ3n) is 2.78. The number of aryl methyl sites for hydroxylation is 1. The van der Waals surface area contributed by atoms with Crippen molar-refractivity contribution in [3.63, 3.8) is 0 Å². The monoisotopic (exact) mass is 236 g/mol. The number of alkyl halides is 1. The van der Waals surface area contributed by atoms with Crippen LogP contribution in [0.2, 0.25) is 0 Å². The van der Waals surface area contributed by atoms with Crippen LogP contribution in [0.15, 0.2) is 24.3 Å². The molecule has 0 fully saturated rings. The van der Waals surface area contributed by atoms with Gasteiger partial charge in [0.2, 0.25) is 0 Å². The number of rotatable bonds is 4. The van der Waals surface area contributed by atoms with Crippen molar-refractivity contribution in [2.24, 2.45) is 0 Å². The van der Waals surface area contributed by atoms with E-state index >= 15 is 0 Å². The van der Waals surface area contributed by atoms with E-state index in [1.165, 1.54) is 11.9 Å². The number of aromatic nitrogens is 2. The Labute approximate surface area is 101 Å². The average Bonchev–Trinajstić information content (AvgIpc) is 2.65. The van der Waals surface area contributed by atoms with Crippen molar-refractivity contribution in [2.75, 3.05) is 0 Å². The van der Waals surface area contributed by atoms with E-state index in [4.69, 9.17) is 11.6 Å². The Bertz CT molecular complexity index is 474. The minimum absolute atomic E-state index is 0.0377. The summed E-state index contributed by atoms with van der Waals surface area (Å²) in [7, 11) is 0. The van der Waals surface area contributed by atoms with Crippen molar-refractivity contribution >= 4 is 22.6 Å². The first kappa shape index (κ1) is 11.5. The minimum atomic E-state index is -0.0377. The van der Waals surface area contributed by atoms with Gasteiger partial charge in [0.1, 0.15) is 5.82 Å². The predicted octanol–water partition coefficient (Wildman–Crippen LogP) is 4.14. The van der Waals surface area contributed by atoms with Gasteiger partial charge in [-0.15, -0.1) is 11.6 Å². The van der Waals surface area contributed by atoms with Crippen LogP contribution in [0.25, 0.3) is 11.0 Å². The van der Waals surface area contributed by atoms with Gasteiger partial charge in [0.05, 0.1) is 16.4 Å². The van der Waals surface area contributed by atoms with Crippen LogP contribution in [0.5, 0.6) is 0 Å². The number of benzene rings is 1. The maximum Gasteiger partial charge on any atom is 0.127 e. The number of hydrogen-bond donors (Lipinski definition) is 0. The van der Waals surface area contributed by atoms with Gasteiger partial charge in [-0.1, -0.05) is 25.5 Å². The van der Waals surface area contributed by atoms with Crippen molar-refractivity contribution in [1.29, 1.82) is 0 Å². The number of fused-ring (bicyclic) bond motifs is 1. The molecule has 2 aromatic rings. The maximum atomic E-state index is 6.18. The van der Waals surface area contributed by atoms with Gasteiger partial charge in [0, 0.05) is 6.54 Å². The molecule has 0 bridgehead atoms. The summed E-state index contributed by atoms with van der Waals surface area (Å²) < 4.78 is 2.25. The fourth-order valence-corrected chi connectivity index (χ4v) is 2.12. The summed E-state index contributed by atoms with van der Waals surface area (Å²) >= 11 is 6.18. The summed E-state index contributed by atoms with van der Waals surface area (Å²) in [6.07, 6.45) is 2.35. The molecule has 1 heterocycles. The highest BCUT2D eigenvalue weighted by Gasteiger charge is 2.13. The quantitative estimate of drug-likeness (QED) is 0.730. The summed E-state index contributed by atoms with van der Waals surface area (Å²) in [5.41, 5.74) is 2.24. The number of hydrogen-bond acceptors (Lipinski definition) is 1. The van der Waals surface area contributed by atoms with Crippen molar-refractivity contribution in [3.05, 3.63) is 30.1 Å². The lowest BCUT2D eigenvalue weighted by molar-refractivity contribution is 0.616. The lowest BCUT2D eigenvalue weighted by Gasteiger charge is -2.09. The standard InChI is InChI=1S/C13H17ClN2/c1-3-4-9-16-12-8-6-5-7-11(12)15-13(16)10(2)14/h5-8,10H,3-4,9H2,1-2H3/t10-/m0/s1. The Morgan fingerprint density at radius 1 is 1.38 bits per heavy atom. The third-order valence-corrected chi connectivity index (χ3v) is 2.97. The lowest BCUT2D eigenvalue weighted by atomic mass is 10.3. The lowest BCUT2D eigenvalue weighted by Crippen LogP contribution is -2.04. The van der Waals surface area contributed by atoms with Crippen molar-refractivity contribution in [3.8, 4) is 0 Å². The Balaban J connectivity index is 2.51. The molecule has 0 N–H and O–H groups in total. The normalized spacial score (nSPS) is 13.2. The molecule has 3 heteroatoms. The molecule has 0 unspecified atom stereocenters. The molecule has 1 atom stereocenters. The smallest absolute Gasteiger partial charge is 0.127 e. The van der Waals surface area contributed by atoms with Crippen LogP contribution in [0, 0.1) is 0 Å². The summed E-state index contributed by atoms with van der Waals surface area (Å²) in [5.74, 6) is 0.983. The molecule has 1 aromatic heterocycles. The van der Waals surface area contributed by atoms with E-state index in [0.717, 1.165) is 24.3 Å². The Morgan fingerprint density at radius 3 is 2.81 bits per heavy atom. The molecule has 0 spiro atoms. The van der Waals surface area contributed by atoms with Crippen molar-refractivity contribution in [1.82, 2.24) is 9.55 Å². The molecule has 1 aromatic carbocycles. The molecule has 2 nitrogen and oxygen atoms in total. The fraction of sp³-hybridized carbons (Fsp3) is 0.462. The van der Waals surface area contributed by atoms with Crippen molar-refractivity contribution in [2.45, 2.75) is 38.6 Å². The fourth-order valence-electron chi connectivity index (χ4n) is 1.95. The highest BCUT2D eigenvalue weighted by molar-refractivity contribution is 6.20. The number of unbranched alkanes of at least 4 members (excludes halogenated alkanes) is 1. The summed E-state index contributed by atoms with van der Waals surface area (Å²) in [6.45, 7) is 5.18. The van der Waals surface area contributed by atoms with E-state index < -0.39 is 0 Å². The summed E-state index contributed by atoms with van der Waals surface area (Å²) in [5, 5.41) is -0.0377. The first-order valence-corrected chi connectivity index (χ1v) is 6.27. The van der Waals surface area contributed by atoms with Crippen LogP contribution in [-0.2, 0) is 6.54 Å². The van der Waals surface area contributed by atoms with Crippen LogP contribution >= 0.6 is 11.6 Å². The molecular weight excluding hydrogens is 220 g/mol. The second kappa shape index (κ2) is 4.88. The van der Waals surface area contributed by atoms with Crippen LogP contribution in [0.4, 0.5) is 0 Å². The average molecular weight is 237 g/mol. The molecule has 0 saturated heterocycles. The molecule has 0 aliphatic heterocycles. The first-order chi connectivity index (χ1) is 7.74. The second-order valence-corrected chi connectivity index (χ2v) is 4.73. The zero-order valence-electron chi connectivity index (χ0n) is 9.78. The SMILES string of the molecule is CCCCn1c([C@H](C)Cl)nc2ccccc21.